The number of carbonyl (C=O) groups excluding carboxylic acids is 4. The topological polar surface area (TPSA) is 139 Å². The van der Waals surface area contributed by atoms with Gasteiger partial charge in [-0.25, -0.2) is 9.59 Å². The summed E-state index contributed by atoms with van der Waals surface area (Å²) >= 11 is 0. The number of benzene rings is 4. The molecule has 0 bridgehead atoms. The minimum Gasteiger partial charge on any atom is -0.465 e. The van der Waals surface area contributed by atoms with Gasteiger partial charge in [0.25, 0.3) is 5.91 Å². The van der Waals surface area contributed by atoms with Crippen LogP contribution < -0.4 is 16.0 Å². The molecule has 0 saturated carbocycles. The lowest BCUT2D eigenvalue weighted by Gasteiger charge is -2.19. The van der Waals surface area contributed by atoms with E-state index >= 15 is 0 Å². The number of aromatic nitrogens is 1. The quantitative estimate of drug-likeness (QED) is 0.154. The van der Waals surface area contributed by atoms with Crippen LogP contribution in [-0.2, 0) is 27.3 Å². The Morgan fingerprint density at radius 3 is 2.14 bits per heavy atom. The molecule has 44 heavy (non-hydrogen) atoms. The number of rotatable bonds is 10. The Bertz CT molecular complexity index is 1800. The van der Waals surface area contributed by atoms with E-state index in [1.807, 2.05) is 54.6 Å². The highest BCUT2D eigenvalue weighted by atomic mass is 16.5. The SMILES string of the molecule is COC(=O)c1ccccc1NC(=O)c1ccccc1NC(=O)[C@@H](Cc1c[nH]c2ccccc12)NC(=O)OCc1ccccc1. The van der Waals surface area contributed by atoms with E-state index in [9.17, 15) is 19.2 Å². The van der Waals surface area contributed by atoms with Crippen LogP contribution in [0, 0.1) is 0 Å². The summed E-state index contributed by atoms with van der Waals surface area (Å²) in [6.45, 7) is 0.0319. The number of hydrogen-bond acceptors (Lipinski definition) is 6. The molecule has 10 heteroatoms. The molecule has 0 radical (unpaired) electrons. The highest BCUT2D eigenvalue weighted by Crippen LogP contribution is 2.23. The second-order valence-corrected chi connectivity index (χ2v) is 9.85. The maximum atomic E-state index is 13.7. The fourth-order valence-electron chi connectivity index (χ4n) is 4.72. The van der Waals surface area contributed by atoms with Gasteiger partial charge in [0.1, 0.15) is 12.6 Å². The highest BCUT2D eigenvalue weighted by Gasteiger charge is 2.25. The summed E-state index contributed by atoms with van der Waals surface area (Å²) in [6, 6.07) is 28.7. The van der Waals surface area contributed by atoms with Crippen LogP contribution in [0.5, 0.6) is 0 Å². The Labute approximate surface area is 253 Å². The van der Waals surface area contributed by atoms with Crippen LogP contribution in [0.25, 0.3) is 10.9 Å². The Hall–Kier alpha value is -5.90. The molecule has 5 rings (SSSR count). The number of esters is 1. The van der Waals surface area contributed by atoms with Gasteiger partial charge in [-0.2, -0.15) is 0 Å². The minimum atomic E-state index is -1.05. The fraction of sp³-hybridized carbons (Fsp3) is 0.118. The molecule has 0 saturated heterocycles. The van der Waals surface area contributed by atoms with Crippen LogP contribution in [-0.4, -0.2) is 42.0 Å². The van der Waals surface area contributed by atoms with Crippen molar-refractivity contribution in [2.24, 2.45) is 0 Å². The van der Waals surface area contributed by atoms with E-state index in [1.54, 1.807) is 48.7 Å². The zero-order valence-electron chi connectivity index (χ0n) is 23.8. The number of ether oxygens (including phenoxy) is 2. The first-order valence-corrected chi connectivity index (χ1v) is 13.8. The van der Waals surface area contributed by atoms with Crippen LogP contribution in [0.3, 0.4) is 0 Å². The van der Waals surface area contributed by atoms with Crippen LogP contribution in [0.4, 0.5) is 16.2 Å². The number of alkyl carbamates (subject to hydrolysis) is 1. The average Bonchev–Trinajstić information content (AvgIpc) is 3.46. The van der Waals surface area contributed by atoms with Crippen molar-refractivity contribution in [3.05, 3.63) is 132 Å². The van der Waals surface area contributed by atoms with Crippen molar-refractivity contribution in [1.82, 2.24) is 10.3 Å². The molecular weight excluding hydrogens is 560 g/mol. The first-order chi connectivity index (χ1) is 21.4. The molecule has 0 fully saturated rings. The van der Waals surface area contributed by atoms with Gasteiger partial charge < -0.3 is 30.4 Å². The third kappa shape index (κ3) is 7.11. The maximum Gasteiger partial charge on any atom is 0.408 e. The van der Waals surface area contributed by atoms with Gasteiger partial charge in [-0.3, -0.25) is 9.59 Å². The molecule has 0 aliphatic rings. The van der Waals surface area contributed by atoms with Gasteiger partial charge in [0.05, 0.1) is 29.6 Å². The first-order valence-electron chi connectivity index (χ1n) is 13.8. The number of fused-ring (bicyclic) bond motifs is 1. The first kappa shape index (κ1) is 29.6. The van der Waals surface area contributed by atoms with Crippen LogP contribution in [0.1, 0.15) is 31.8 Å². The largest absolute Gasteiger partial charge is 0.465 e. The summed E-state index contributed by atoms with van der Waals surface area (Å²) in [7, 11) is 1.25. The van der Waals surface area contributed by atoms with E-state index in [1.165, 1.54) is 13.2 Å². The van der Waals surface area contributed by atoms with Crippen molar-refractivity contribution in [1.29, 1.82) is 0 Å². The van der Waals surface area contributed by atoms with Crippen LogP contribution in [0.2, 0.25) is 0 Å². The molecule has 5 aromatic rings. The average molecular weight is 591 g/mol. The van der Waals surface area contributed by atoms with E-state index in [4.69, 9.17) is 9.47 Å². The molecule has 0 aliphatic heterocycles. The zero-order valence-corrected chi connectivity index (χ0v) is 23.8. The molecular formula is C34H30N4O6. The summed E-state index contributed by atoms with van der Waals surface area (Å²) in [5, 5.41) is 9.11. The number of hydrogen-bond donors (Lipinski definition) is 4. The van der Waals surface area contributed by atoms with Crippen molar-refractivity contribution in [3.63, 3.8) is 0 Å². The second-order valence-electron chi connectivity index (χ2n) is 9.85. The summed E-state index contributed by atoms with van der Waals surface area (Å²) in [4.78, 5) is 55.3. The third-order valence-electron chi connectivity index (χ3n) is 6.93. The van der Waals surface area contributed by atoms with Crippen molar-refractivity contribution in [2.75, 3.05) is 17.7 Å². The van der Waals surface area contributed by atoms with Gasteiger partial charge in [0.15, 0.2) is 0 Å². The predicted octanol–water partition coefficient (Wildman–Crippen LogP) is 5.68. The van der Waals surface area contributed by atoms with E-state index in [0.717, 1.165) is 22.0 Å². The van der Waals surface area contributed by atoms with Gasteiger partial charge in [0.2, 0.25) is 5.91 Å². The molecule has 10 nitrogen and oxygen atoms in total. The van der Waals surface area contributed by atoms with Crippen LogP contribution in [0.15, 0.2) is 109 Å². The van der Waals surface area contributed by atoms with Gasteiger partial charge in [0, 0.05) is 23.5 Å². The summed E-state index contributed by atoms with van der Waals surface area (Å²) in [6.07, 6.45) is 1.18. The van der Waals surface area contributed by atoms with Crippen molar-refractivity contribution < 1.29 is 28.7 Å². The van der Waals surface area contributed by atoms with Gasteiger partial charge >= 0.3 is 12.1 Å². The van der Waals surface area contributed by atoms with Crippen molar-refractivity contribution in [2.45, 2.75) is 19.1 Å². The lowest BCUT2D eigenvalue weighted by atomic mass is 10.0. The lowest BCUT2D eigenvalue weighted by Crippen LogP contribution is -2.45. The Balaban J connectivity index is 1.36. The highest BCUT2D eigenvalue weighted by molar-refractivity contribution is 6.12. The Kier molecular flexibility index (Phi) is 9.31. The number of methoxy groups -OCH3 is 1. The Morgan fingerprint density at radius 2 is 1.39 bits per heavy atom. The molecule has 0 spiro atoms. The maximum absolute atomic E-state index is 13.7. The second kappa shape index (κ2) is 13.8. The lowest BCUT2D eigenvalue weighted by molar-refractivity contribution is -0.118. The zero-order chi connectivity index (χ0) is 30.9. The molecule has 1 heterocycles. The molecule has 0 aliphatic carbocycles. The molecule has 1 atom stereocenters. The monoisotopic (exact) mass is 590 g/mol. The van der Waals surface area contributed by atoms with E-state index in [2.05, 4.69) is 20.9 Å². The van der Waals surface area contributed by atoms with Gasteiger partial charge in [-0.15, -0.1) is 0 Å². The summed E-state index contributed by atoms with van der Waals surface area (Å²) in [5.41, 5.74) is 3.31. The number of para-hydroxylation sites is 3. The van der Waals surface area contributed by atoms with Crippen LogP contribution >= 0.6 is 0 Å². The number of aromatic amines is 1. The smallest absolute Gasteiger partial charge is 0.408 e. The molecule has 4 N–H and O–H groups in total. The molecule has 222 valence electrons. The molecule has 1 aromatic heterocycles. The summed E-state index contributed by atoms with van der Waals surface area (Å²) < 4.78 is 10.2. The molecule has 4 aromatic carbocycles. The number of carbonyl (C=O) groups is 4. The van der Waals surface area contributed by atoms with E-state index in [0.29, 0.717) is 0 Å². The standard InChI is InChI=1S/C34H30N4O6/c1-43-33(41)26-15-7-10-18-29(26)36-31(39)25-14-6-9-17-28(25)37-32(40)30(19-23-20-35-27-16-8-5-13-24(23)27)38-34(42)44-21-22-11-3-2-4-12-22/h2-18,20,30,35H,19,21H2,1H3,(H,36,39)(H,37,40)(H,38,42)/t30-/m1/s1. The van der Waals surface area contributed by atoms with E-state index in [-0.39, 0.29) is 35.5 Å². The minimum absolute atomic E-state index is 0.0319. The van der Waals surface area contributed by atoms with Gasteiger partial charge in [-0.1, -0.05) is 72.8 Å². The fourth-order valence-corrected chi connectivity index (χ4v) is 4.72. The van der Waals surface area contributed by atoms with E-state index < -0.39 is 29.9 Å². The summed E-state index contributed by atoms with van der Waals surface area (Å²) in [5.74, 6) is -1.71. The number of nitrogens with one attached hydrogen (secondary N) is 4. The molecule has 0 unspecified atom stereocenters. The number of H-pyrrole nitrogens is 1. The number of amides is 3. The van der Waals surface area contributed by atoms with Gasteiger partial charge in [-0.05, 0) is 41.5 Å². The normalized spacial score (nSPS) is 11.3. The molecule has 3 amide bonds. The van der Waals surface area contributed by atoms with Crippen molar-refractivity contribution in [3.8, 4) is 0 Å². The predicted molar refractivity (Wildman–Crippen MR) is 166 cm³/mol. The third-order valence-corrected chi connectivity index (χ3v) is 6.93. The Morgan fingerprint density at radius 1 is 0.750 bits per heavy atom. The number of anilines is 2. The van der Waals surface area contributed by atoms with Crippen molar-refractivity contribution >= 4 is 46.2 Å².